The Morgan fingerprint density at radius 2 is 1.82 bits per heavy atom. The molecule has 2 aromatic carbocycles. The van der Waals surface area contributed by atoms with Gasteiger partial charge >= 0.3 is 5.97 Å². The molecule has 2 heterocycles. The van der Waals surface area contributed by atoms with Crippen LogP contribution in [0.15, 0.2) is 59.0 Å². The molecule has 1 aliphatic carbocycles. The quantitative estimate of drug-likeness (QED) is 0.373. The van der Waals surface area contributed by atoms with E-state index >= 15 is 0 Å². The molecular formula is C27H25N3O3. The van der Waals surface area contributed by atoms with Gasteiger partial charge in [0.2, 0.25) is 5.89 Å². The first-order valence-corrected chi connectivity index (χ1v) is 11.3. The number of fused-ring (bicyclic) bond motifs is 2. The lowest BCUT2D eigenvalue weighted by Gasteiger charge is -2.26. The van der Waals surface area contributed by atoms with Crippen LogP contribution in [0, 0.1) is 5.92 Å². The predicted molar refractivity (Wildman–Crippen MR) is 126 cm³/mol. The number of hydrogen-bond acceptors (Lipinski definition) is 6. The molecule has 0 fully saturated rings. The van der Waals surface area contributed by atoms with E-state index in [9.17, 15) is 4.79 Å². The summed E-state index contributed by atoms with van der Waals surface area (Å²) in [6.45, 7) is 4.08. The highest BCUT2D eigenvalue weighted by Crippen LogP contribution is 2.38. The van der Waals surface area contributed by atoms with Crippen molar-refractivity contribution < 1.29 is 13.9 Å². The van der Waals surface area contributed by atoms with Gasteiger partial charge in [0.05, 0.1) is 16.8 Å². The molecule has 0 radical (unpaired) electrons. The van der Waals surface area contributed by atoms with Crippen molar-refractivity contribution in [1.82, 2.24) is 15.2 Å². The molecule has 0 saturated carbocycles. The second kappa shape index (κ2) is 8.98. The summed E-state index contributed by atoms with van der Waals surface area (Å²) < 4.78 is 11.2. The van der Waals surface area contributed by atoms with E-state index < -0.39 is 5.97 Å². The molecule has 0 saturated heterocycles. The number of rotatable bonds is 5. The van der Waals surface area contributed by atoms with Crippen molar-refractivity contribution in [3.05, 3.63) is 88.8 Å². The van der Waals surface area contributed by atoms with Crippen molar-refractivity contribution in [3.8, 4) is 0 Å². The van der Waals surface area contributed by atoms with Crippen LogP contribution in [0.1, 0.15) is 59.2 Å². The lowest BCUT2D eigenvalue weighted by Crippen LogP contribution is -2.19. The summed E-state index contributed by atoms with van der Waals surface area (Å²) in [6, 6.07) is 18.0. The Kier molecular flexibility index (Phi) is 5.73. The van der Waals surface area contributed by atoms with Crippen LogP contribution < -0.4 is 0 Å². The SMILES string of the molecule is CCc1nnc(COC(=O)c2c3c(nc4ccccc24)/C(=C/c2ccccc2)CC(C)C3)o1. The Labute approximate surface area is 192 Å². The van der Waals surface area contributed by atoms with Crippen LogP contribution in [-0.4, -0.2) is 21.2 Å². The molecule has 2 aromatic heterocycles. The van der Waals surface area contributed by atoms with Gasteiger partial charge in [-0.2, -0.15) is 0 Å². The highest BCUT2D eigenvalue weighted by atomic mass is 16.5. The number of ether oxygens (including phenoxy) is 1. The van der Waals surface area contributed by atoms with Crippen molar-refractivity contribution in [3.63, 3.8) is 0 Å². The Balaban J connectivity index is 1.59. The summed E-state index contributed by atoms with van der Waals surface area (Å²) in [5.74, 6) is 0.807. The highest BCUT2D eigenvalue weighted by molar-refractivity contribution is 6.06. The molecule has 1 aliphatic rings. The average Bonchev–Trinajstić information content (AvgIpc) is 3.30. The Bertz CT molecular complexity index is 1340. The highest BCUT2D eigenvalue weighted by Gasteiger charge is 2.29. The number of aromatic nitrogens is 3. The van der Waals surface area contributed by atoms with Crippen molar-refractivity contribution >= 4 is 28.5 Å². The fraction of sp³-hybridized carbons (Fsp3) is 0.259. The third-order valence-electron chi connectivity index (χ3n) is 5.90. The fourth-order valence-corrected chi connectivity index (χ4v) is 4.41. The zero-order chi connectivity index (χ0) is 22.8. The lowest BCUT2D eigenvalue weighted by atomic mass is 9.80. The van der Waals surface area contributed by atoms with Crippen molar-refractivity contribution in [2.45, 2.75) is 39.7 Å². The largest absolute Gasteiger partial charge is 0.452 e. The minimum atomic E-state index is -0.394. The summed E-state index contributed by atoms with van der Waals surface area (Å²) in [7, 11) is 0. The van der Waals surface area contributed by atoms with Gasteiger partial charge < -0.3 is 9.15 Å². The number of hydrogen-bond donors (Lipinski definition) is 0. The maximum atomic E-state index is 13.4. The molecule has 0 spiro atoms. The van der Waals surface area contributed by atoms with Crippen LogP contribution >= 0.6 is 0 Å². The van der Waals surface area contributed by atoms with Gasteiger partial charge in [-0.15, -0.1) is 10.2 Å². The Hall–Kier alpha value is -3.80. The number of nitrogens with zero attached hydrogens (tertiary/aromatic N) is 3. The number of esters is 1. The summed E-state index contributed by atoms with van der Waals surface area (Å²) in [4.78, 5) is 18.4. The van der Waals surface area contributed by atoms with Gasteiger partial charge in [0.1, 0.15) is 0 Å². The number of allylic oxidation sites excluding steroid dienone is 1. The van der Waals surface area contributed by atoms with E-state index in [1.54, 1.807) is 0 Å². The van der Waals surface area contributed by atoms with E-state index in [0.29, 0.717) is 29.7 Å². The summed E-state index contributed by atoms with van der Waals surface area (Å²) in [6.07, 6.45) is 4.49. The van der Waals surface area contributed by atoms with Gasteiger partial charge in [0.15, 0.2) is 6.61 Å². The zero-order valence-electron chi connectivity index (χ0n) is 18.7. The monoisotopic (exact) mass is 439 g/mol. The molecule has 0 N–H and O–H groups in total. The molecule has 0 aliphatic heterocycles. The standard InChI is InChI=1S/C27H25N3O3/c1-3-23-29-30-24(33-23)16-32-27(31)25-20-11-7-8-12-22(20)28-26-19(13-17(2)14-21(25)26)15-18-9-5-4-6-10-18/h4-12,15,17H,3,13-14,16H2,1-2H3/b19-15+. The Morgan fingerprint density at radius 1 is 1.06 bits per heavy atom. The number of para-hydroxylation sites is 1. The third-order valence-corrected chi connectivity index (χ3v) is 5.90. The smallest absolute Gasteiger partial charge is 0.339 e. The van der Waals surface area contributed by atoms with Crippen LogP contribution in [0.4, 0.5) is 0 Å². The second-order valence-electron chi connectivity index (χ2n) is 8.44. The molecule has 6 nitrogen and oxygen atoms in total. The van der Waals surface area contributed by atoms with Gasteiger partial charge in [-0.3, -0.25) is 0 Å². The van der Waals surface area contributed by atoms with Gasteiger partial charge in [-0.05, 0) is 47.6 Å². The van der Waals surface area contributed by atoms with Gasteiger partial charge in [-0.25, -0.2) is 9.78 Å². The summed E-state index contributed by atoms with van der Waals surface area (Å²) in [5.41, 5.74) is 5.45. The van der Waals surface area contributed by atoms with E-state index in [-0.39, 0.29) is 6.61 Å². The zero-order valence-corrected chi connectivity index (χ0v) is 18.7. The summed E-state index contributed by atoms with van der Waals surface area (Å²) >= 11 is 0. The fourth-order valence-electron chi connectivity index (χ4n) is 4.41. The Morgan fingerprint density at radius 3 is 2.61 bits per heavy atom. The molecule has 0 bridgehead atoms. The van der Waals surface area contributed by atoms with E-state index in [0.717, 1.165) is 46.1 Å². The van der Waals surface area contributed by atoms with E-state index in [1.165, 1.54) is 0 Å². The molecule has 166 valence electrons. The molecule has 6 heteroatoms. The first-order valence-electron chi connectivity index (χ1n) is 11.3. The maximum Gasteiger partial charge on any atom is 0.339 e. The van der Waals surface area contributed by atoms with E-state index in [4.69, 9.17) is 14.1 Å². The number of carbonyl (C=O) groups is 1. The number of pyridine rings is 1. The van der Waals surface area contributed by atoms with E-state index in [2.05, 4.69) is 35.3 Å². The van der Waals surface area contributed by atoms with Crippen molar-refractivity contribution in [2.75, 3.05) is 0 Å². The number of carbonyl (C=O) groups excluding carboxylic acids is 1. The predicted octanol–water partition coefficient (Wildman–Crippen LogP) is 5.66. The van der Waals surface area contributed by atoms with Crippen LogP contribution in [0.2, 0.25) is 0 Å². The van der Waals surface area contributed by atoms with Gasteiger partial charge in [0, 0.05) is 11.8 Å². The van der Waals surface area contributed by atoms with E-state index in [1.807, 2.05) is 49.4 Å². The van der Waals surface area contributed by atoms with Crippen molar-refractivity contribution in [2.24, 2.45) is 5.92 Å². The van der Waals surface area contributed by atoms with Crippen LogP contribution in [0.5, 0.6) is 0 Å². The maximum absolute atomic E-state index is 13.4. The van der Waals surface area contributed by atoms with Crippen LogP contribution in [-0.2, 0) is 24.2 Å². The number of aryl methyl sites for hydroxylation is 1. The van der Waals surface area contributed by atoms with Crippen molar-refractivity contribution in [1.29, 1.82) is 0 Å². The van der Waals surface area contributed by atoms with Crippen LogP contribution in [0.3, 0.4) is 0 Å². The van der Waals surface area contributed by atoms with Crippen LogP contribution in [0.25, 0.3) is 22.6 Å². The summed E-state index contributed by atoms with van der Waals surface area (Å²) in [5, 5.41) is 8.70. The molecular weight excluding hydrogens is 414 g/mol. The lowest BCUT2D eigenvalue weighted by molar-refractivity contribution is 0.0437. The minimum Gasteiger partial charge on any atom is -0.452 e. The average molecular weight is 440 g/mol. The first kappa shape index (κ1) is 21.1. The first-order chi connectivity index (χ1) is 16.1. The molecule has 5 rings (SSSR count). The molecule has 33 heavy (non-hydrogen) atoms. The topological polar surface area (TPSA) is 78.1 Å². The third kappa shape index (κ3) is 4.29. The van der Waals surface area contributed by atoms with Gasteiger partial charge in [0.25, 0.3) is 5.89 Å². The molecule has 0 amide bonds. The number of benzene rings is 2. The molecule has 4 aromatic rings. The molecule has 1 unspecified atom stereocenters. The van der Waals surface area contributed by atoms with Gasteiger partial charge in [-0.1, -0.05) is 62.4 Å². The normalized spacial score (nSPS) is 16.7. The minimum absolute atomic E-state index is 0.0560. The molecule has 1 atom stereocenters. The second-order valence-corrected chi connectivity index (χ2v) is 8.44.